The van der Waals surface area contributed by atoms with Crippen LogP contribution in [-0.2, 0) is 5.41 Å². The average molecular weight is 175 g/mol. The first kappa shape index (κ1) is 7.39. The Kier molecular flexibility index (Phi) is 1.29. The van der Waals surface area contributed by atoms with Gasteiger partial charge in [0.15, 0.2) is 0 Å². The molecule has 68 valence electrons. The van der Waals surface area contributed by atoms with Crippen LogP contribution in [0.25, 0.3) is 0 Å². The summed E-state index contributed by atoms with van der Waals surface area (Å²) in [6.45, 7) is 0. The van der Waals surface area contributed by atoms with Gasteiger partial charge in [-0.25, -0.2) is 0 Å². The highest BCUT2D eigenvalue weighted by atomic mass is 16.3. The Balaban J connectivity index is 2.04. The van der Waals surface area contributed by atoms with Crippen LogP contribution in [0, 0.1) is 5.92 Å². The van der Waals surface area contributed by atoms with E-state index >= 15 is 0 Å². The maximum atomic E-state index is 6.02. The molecule has 0 aliphatic heterocycles. The van der Waals surface area contributed by atoms with Crippen LogP contribution >= 0.6 is 0 Å². The van der Waals surface area contributed by atoms with Crippen molar-refractivity contribution in [2.24, 2.45) is 11.7 Å². The normalized spacial score (nSPS) is 41.6. The van der Waals surface area contributed by atoms with Crippen LogP contribution < -0.4 is 5.73 Å². The predicted molar refractivity (Wildman–Crippen MR) is 50.2 cm³/mol. The third-order valence-corrected chi connectivity index (χ3v) is 3.42. The Bertz CT molecular complexity index is 341. The van der Waals surface area contributed by atoms with Gasteiger partial charge < -0.3 is 10.2 Å². The van der Waals surface area contributed by atoms with E-state index in [-0.39, 0.29) is 5.41 Å². The van der Waals surface area contributed by atoms with Crippen LogP contribution in [0.15, 0.2) is 35.0 Å². The number of nitrogens with two attached hydrogens (primary N) is 1. The summed E-state index contributed by atoms with van der Waals surface area (Å²) in [5.41, 5.74) is 6.15. The zero-order valence-corrected chi connectivity index (χ0v) is 7.44. The van der Waals surface area contributed by atoms with Crippen molar-refractivity contribution < 1.29 is 4.42 Å². The van der Waals surface area contributed by atoms with Crippen molar-refractivity contribution in [3.63, 3.8) is 0 Å². The minimum absolute atomic E-state index is 0.133. The Morgan fingerprint density at radius 3 is 2.92 bits per heavy atom. The Labute approximate surface area is 77.4 Å². The maximum absolute atomic E-state index is 6.02. The number of allylic oxidation sites excluding steroid dienone is 1. The topological polar surface area (TPSA) is 39.2 Å². The molecule has 1 fully saturated rings. The smallest absolute Gasteiger partial charge is 0.113 e. The van der Waals surface area contributed by atoms with E-state index < -0.39 is 0 Å². The minimum Gasteiger partial charge on any atom is -0.468 e. The molecule has 3 rings (SSSR count). The van der Waals surface area contributed by atoms with Gasteiger partial charge in [-0.15, -0.1) is 0 Å². The lowest BCUT2D eigenvalue weighted by Gasteiger charge is -2.21. The van der Waals surface area contributed by atoms with Crippen molar-refractivity contribution in [1.29, 1.82) is 0 Å². The number of fused-ring (bicyclic) bond motifs is 2. The predicted octanol–water partition coefficient (Wildman–Crippen LogP) is 1.82. The summed E-state index contributed by atoms with van der Waals surface area (Å²) < 4.78 is 5.48. The molecule has 3 unspecified atom stereocenters. The van der Waals surface area contributed by atoms with Gasteiger partial charge in [0.25, 0.3) is 0 Å². The molecule has 13 heavy (non-hydrogen) atoms. The van der Waals surface area contributed by atoms with Crippen LogP contribution in [0.4, 0.5) is 0 Å². The van der Waals surface area contributed by atoms with Crippen molar-refractivity contribution in [3.05, 3.63) is 36.3 Å². The Morgan fingerprint density at radius 2 is 2.38 bits per heavy atom. The molecule has 0 aromatic carbocycles. The largest absolute Gasteiger partial charge is 0.468 e. The van der Waals surface area contributed by atoms with Gasteiger partial charge in [0, 0.05) is 11.5 Å². The SMILES string of the molecule is NC1CC2(c3ccco3)C=CC1C2. The third-order valence-electron chi connectivity index (χ3n) is 3.42. The van der Waals surface area contributed by atoms with E-state index in [1.165, 1.54) is 0 Å². The highest BCUT2D eigenvalue weighted by Gasteiger charge is 2.48. The van der Waals surface area contributed by atoms with Gasteiger partial charge in [0.05, 0.1) is 6.26 Å². The van der Waals surface area contributed by atoms with E-state index in [1.807, 2.05) is 6.07 Å². The van der Waals surface area contributed by atoms with Crippen LogP contribution in [0.5, 0.6) is 0 Å². The summed E-state index contributed by atoms with van der Waals surface area (Å²) in [4.78, 5) is 0. The van der Waals surface area contributed by atoms with Crippen molar-refractivity contribution in [2.75, 3.05) is 0 Å². The van der Waals surface area contributed by atoms with E-state index in [4.69, 9.17) is 10.2 Å². The molecule has 2 bridgehead atoms. The van der Waals surface area contributed by atoms with Crippen molar-refractivity contribution in [2.45, 2.75) is 24.3 Å². The fraction of sp³-hybridized carbons (Fsp3) is 0.455. The summed E-state index contributed by atoms with van der Waals surface area (Å²) in [5, 5.41) is 0. The molecular formula is C11H13NO. The number of hydrogen-bond donors (Lipinski definition) is 1. The van der Waals surface area contributed by atoms with Gasteiger partial charge >= 0.3 is 0 Å². The molecule has 0 spiro atoms. The molecule has 2 nitrogen and oxygen atoms in total. The van der Waals surface area contributed by atoms with Gasteiger partial charge in [-0.05, 0) is 30.9 Å². The molecule has 2 heteroatoms. The second kappa shape index (κ2) is 2.26. The number of hydrogen-bond acceptors (Lipinski definition) is 2. The molecule has 2 aliphatic rings. The lowest BCUT2D eigenvalue weighted by molar-refractivity contribution is 0.400. The lowest BCUT2D eigenvalue weighted by atomic mass is 9.84. The van der Waals surface area contributed by atoms with Gasteiger partial charge in [-0.1, -0.05) is 12.2 Å². The Hall–Kier alpha value is -1.02. The molecule has 2 aliphatic carbocycles. The lowest BCUT2D eigenvalue weighted by Crippen LogP contribution is -2.27. The van der Waals surface area contributed by atoms with Gasteiger partial charge in [0.1, 0.15) is 5.76 Å². The number of furan rings is 1. The molecular weight excluding hydrogens is 162 g/mol. The molecule has 3 atom stereocenters. The second-order valence-corrected chi connectivity index (χ2v) is 4.23. The van der Waals surface area contributed by atoms with Gasteiger partial charge in [-0.2, -0.15) is 0 Å². The summed E-state index contributed by atoms with van der Waals surface area (Å²) in [5.74, 6) is 1.66. The van der Waals surface area contributed by atoms with Crippen molar-refractivity contribution in [3.8, 4) is 0 Å². The highest BCUT2D eigenvalue weighted by molar-refractivity contribution is 5.33. The van der Waals surface area contributed by atoms with Crippen molar-refractivity contribution in [1.82, 2.24) is 0 Å². The van der Waals surface area contributed by atoms with E-state index in [0.717, 1.165) is 18.6 Å². The first-order valence-electron chi connectivity index (χ1n) is 4.79. The highest BCUT2D eigenvalue weighted by Crippen LogP contribution is 2.50. The average Bonchev–Trinajstić information content (AvgIpc) is 2.77. The van der Waals surface area contributed by atoms with E-state index in [2.05, 4.69) is 18.2 Å². The molecule has 2 N–H and O–H groups in total. The van der Waals surface area contributed by atoms with Crippen molar-refractivity contribution >= 4 is 0 Å². The Morgan fingerprint density at radius 1 is 1.46 bits per heavy atom. The fourth-order valence-corrected chi connectivity index (χ4v) is 2.73. The molecule has 0 saturated heterocycles. The first-order chi connectivity index (χ1) is 6.30. The van der Waals surface area contributed by atoms with E-state index in [0.29, 0.717) is 12.0 Å². The molecule has 0 radical (unpaired) electrons. The summed E-state index contributed by atoms with van der Waals surface area (Å²) in [6.07, 6.45) is 8.45. The molecule has 1 aromatic rings. The fourth-order valence-electron chi connectivity index (χ4n) is 2.73. The van der Waals surface area contributed by atoms with Crippen LogP contribution in [-0.4, -0.2) is 6.04 Å². The van der Waals surface area contributed by atoms with Gasteiger partial charge in [0.2, 0.25) is 0 Å². The third kappa shape index (κ3) is 0.866. The van der Waals surface area contributed by atoms with E-state index in [9.17, 15) is 0 Å². The zero-order chi connectivity index (χ0) is 8.89. The molecule has 1 saturated carbocycles. The standard InChI is InChI=1S/C11H13NO/c12-9-7-11(4-3-8(9)6-11)10-2-1-5-13-10/h1-5,8-9H,6-7,12H2. The van der Waals surface area contributed by atoms with E-state index in [1.54, 1.807) is 6.26 Å². The van der Waals surface area contributed by atoms with Gasteiger partial charge in [-0.3, -0.25) is 0 Å². The van der Waals surface area contributed by atoms with Crippen LogP contribution in [0.2, 0.25) is 0 Å². The number of rotatable bonds is 1. The first-order valence-corrected chi connectivity index (χ1v) is 4.79. The molecule has 1 heterocycles. The molecule has 0 amide bonds. The summed E-state index contributed by atoms with van der Waals surface area (Å²) in [6, 6.07) is 4.34. The maximum Gasteiger partial charge on any atom is 0.113 e. The summed E-state index contributed by atoms with van der Waals surface area (Å²) >= 11 is 0. The van der Waals surface area contributed by atoms with Crippen LogP contribution in [0.1, 0.15) is 18.6 Å². The minimum atomic E-state index is 0.133. The quantitative estimate of drug-likeness (QED) is 0.661. The molecule has 1 aromatic heterocycles. The second-order valence-electron chi connectivity index (χ2n) is 4.23. The zero-order valence-electron chi connectivity index (χ0n) is 7.44. The monoisotopic (exact) mass is 175 g/mol. The van der Waals surface area contributed by atoms with Crippen LogP contribution in [0.3, 0.4) is 0 Å². The summed E-state index contributed by atoms with van der Waals surface area (Å²) in [7, 11) is 0.